The van der Waals surface area contributed by atoms with Gasteiger partial charge >= 0.3 is 0 Å². The molecule has 19 heavy (non-hydrogen) atoms. The van der Waals surface area contributed by atoms with Crippen LogP contribution in [-0.2, 0) is 6.42 Å². The molecular weight excluding hydrogens is 247 g/mol. The largest absolute Gasteiger partial charge is 0.485 e. The number of pyridine rings is 1. The van der Waals surface area contributed by atoms with Gasteiger partial charge in [0.2, 0.25) is 5.88 Å². The number of hydrogen-bond donors (Lipinski definition) is 1. The summed E-state index contributed by atoms with van der Waals surface area (Å²) in [5, 5.41) is 0. The summed E-state index contributed by atoms with van der Waals surface area (Å²) in [5.41, 5.74) is 6.36. The molecule has 2 aromatic rings. The lowest BCUT2D eigenvalue weighted by Crippen LogP contribution is -2.24. The number of benzene rings is 1. The maximum absolute atomic E-state index is 13.6. The molecule has 2 heterocycles. The van der Waals surface area contributed by atoms with Gasteiger partial charge < -0.3 is 15.2 Å². The smallest absolute Gasteiger partial charge is 0.219 e. The normalized spacial score (nSPS) is 16.8. The Kier molecular flexibility index (Phi) is 3.05. The SMILES string of the molecule is NCC1Cc2cc(F)cc(Oc3ccccn3)c2O1. The number of halogens is 1. The van der Waals surface area contributed by atoms with Crippen LogP contribution in [0.2, 0.25) is 0 Å². The highest BCUT2D eigenvalue weighted by Gasteiger charge is 2.26. The van der Waals surface area contributed by atoms with Gasteiger partial charge in [0.05, 0.1) is 0 Å². The van der Waals surface area contributed by atoms with E-state index in [2.05, 4.69) is 4.98 Å². The maximum Gasteiger partial charge on any atom is 0.219 e. The highest BCUT2D eigenvalue weighted by Crippen LogP contribution is 2.40. The van der Waals surface area contributed by atoms with Crippen LogP contribution in [-0.4, -0.2) is 17.6 Å². The fraction of sp³-hybridized carbons (Fsp3) is 0.214. The van der Waals surface area contributed by atoms with E-state index in [-0.39, 0.29) is 11.9 Å². The minimum absolute atomic E-state index is 0.122. The molecule has 4 nitrogen and oxygen atoms in total. The second kappa shape index (κ2) is 4.85. The molecule has 0 fully saturated rings. The van der Waals surface area contributed by atoms with Crippen molar-refractivity contribution in [2.75, 3.05) is 6.54 Å². The Balaban J connectivity index is 1.95. The lowest BCUT2D eigenvalue weighted by Gasteiger charge is -2.11. The molecule has 1 atom stereocenters. The molecule has 1 aromatic heterocycles. The summed E-state index contributed by atoms with van der Waals surface area (Å²) in [6.45, 7) is 0.388. The molecule has 1 aliphatic heterocycles. The summed E-state index contributed by atoms with van der Waals surface area (Å²) < 4.78 is 24.8. The van der Waals surface area contributed by atoms with Crippen LogP contribution in [0.1, 0.15) is 5.56 Å². The minimum atomic E-state index is -0.356. The number of nitrogens with two attached hydrogens (primary N) is 1. The predicted octanol–water partition coefficient (Wildman–Crippen LogP) is 2.28. The van der Waals surface area contributed by atoms with Gasteiger partial charge in [-0.05, 0) is 12.1 Å². The van der Waals surface area contributed by atoms with Crippen molar-refractivity contribution >= 4 is 0 Å². The first-order valence-corrected chi connectivity index (χ1v) is 6.04. The van der Waals surface area contributed by atoms with Gasteiger partial charge in [0, 0.05) is 36.9 Å². The van der Waals surface area contributed by atoms with E-state index in [1.807, 2.05) is 0 Å². The summed E-state index contributed by atoms with van der Waals surface area (Å²) in [5.74, 6) is 0.938. The van der Waals surface area contributed by atoms with Crippen molar-refractivity contribution in [1.29, 1.82) is 0 Å². The summed E-state index contributed by atoms with van der Waals surface area (Å²) in [7, 11) is 0. The first-order chi connectivity index (χ1) is 9.26. The fourth-order valence-electron chi connectivity index (χ4n) is 2.09. The highest BCUT2D eigenvalue weighted by molar-refractivity contribution is 5.51. The molecule has 5 heteroatoms. The molecule has 2 N–H and O–H groups in total. The van der Waals surface area contributed by atoms with Crippen LogP contribution in [0.15, 0.2) is 36.5 Å². The zero-order valence-corrected chi connectivity index (χ0v) is 10.2. The topological polar surface area (TPSA) is 57.4 Å². The molecule has 0 saturated carbocycles. The third kappa shape index (κ3) is 2.37. The number of rotatable bonds is 3. The van der Waals surface area contributed by atoms with E-state index in [1.165, 1.54) is 12.1 Å². The zero-order chi connectivity index (χ0) is 13.2. The molecule has 0 bridgehead atoms. The van der Waals surface area contributed by atoms with E-state index < -0.39 is 0 Å². The first-order valence-electron chi connectivity index (χ1n) is 6.04. The quantitative estimate of drug-likeness (QED) is 0.919. The van der Waals surface area contributed by atoms with E-state index >= 15 is 0 Å². The number of nitrogens with zero attached hydrogens (tertiary/aromatic N) is 1. The van der Waals surface area contributed by atoms with E-state index in [0.717, 1.165) is 5.56 Å². The Bertz CT molecular complexity index is 589. The third-order valence-corrected chi connectivity index (χ3v) is 2.94. The zero-order valence-electron chi connectivity index (χ0n) is 10.2. The first kappa shape index (κ1) is 11.9. The molecular formula is C14H13FN2O2. The number of aromatic nitrogens is 1. The summed E-state index contributed by atoms with van der Waals surface area (Å²) in [6.07, 6.45) is 2.09. The minimum Gasteiger partial charge on any atom is -0.485 e. The van der Waals surface area contributed by atoms with Crippen LogP contribution in [0, 0.1) is 5.82 Å². The maximum atomic E-state index is 13.6. The van der Waals surface area contributed by atoms with Crippen molar-refractivity contribution < 1.29 is 13.9 Å². The van der Waals surface area contributed by atoms with Crippen molar-refractivity contribution in [3.05, 3.63) is 47.9 Å². The van der Waals surface area contributed by atoms with Crippen molar-refractivity contribution in [3.63, 3.8) is 0 Å². The van der Waals surface area contributed by atoms with E-state index in [1.54, 1.807) is 24.4 Å². The molecule has 0 aliphatic carbocycles. The van der Waals surface area contributed by atoms with Gasteiger partial charge in [-0.15, -0.1) is 0 Å². The Morgan fingerprint density at radius 3 is 3.05 bits per heavy atom. The molecule has 3 rings (SSSR count). The van der Waals surface area contributed by atoms with Gasteiger partial charge in [-0.2, -0.15) is 0 Å². The average Bonchev–Trinajstić information content (AvgIpc) is 2.83. The van der Waals surface area contributed by atoms with Crippen LogP contribution < -0.4 is 15.2 Å². The van der Waals surface area contributed by atoms with Crippen LogP contribution in [0.25, 0.3) is 0 Å². The predicted molar refractivity (Wildman–Crippen MR) is 67.9 cm³/mol. The van der Waals surface area contributed by atoms with Crippen molar-refractivity contribution in [2.45, 2.75) is 12.5 Å². The molecule has 0 radical (unpaired) electrons. The number of fused-ring (bicyclic) bond motifs is 1. The Hall–Kier alpha value is -2.14. The lowest BCUT2D eigenvalue weighted by atomic mass is 10.1. The Labute approximate surface area is 110 Å². The summed E-state index contributed by atoms with van der Waals surface area (Å²) in [4.78, 5) is 4.04. The van der Waals surface area contributed by atoms with Gasteiger partial charge in [0.25, 0.3) is 0 Å². The van der Waals surface area contributed by atoms with Crippen LogP contribution >= 0.6 is 0 Å². The van der Waals surface area contributed by atoms with Crippen molar-refractivity contribution in [3.8, 4) is 17.4 Å². The Morgan fingerprint density at radius 1 is 1.42 bits per heavy atom. The molecule has 1 unspecified atom stereocenters. The second-order valence-electron chi connectivity index (χ2n) is 4.34. The second-order valence-corrected chi connectivity index (χ2v) is 4.34. The van der Waals surface area contributed by atoms with Crippen LogP contribution in [0.3, 0.4) is 0 Å². The van der Waals surface area contributed by atoms with E-state index in [0.29, 0.717) is 30.3 Å². The van der Waals surface area contributed by atoms with Crippen LogP contribution in [0.5, 0.6) is 17.4 Å². The average molecular weight is 260 g/mol. The monoisotopic (exact) mass is 260 g/mol. The molecule has 98 valence electrons. The van der Waals surface area contributed by atoms with E-state index in [4.69, 9.17) is 15.2 Å². The number of ether oxygens (including phenoxy) is 2. The Morgan fingerprint density at radius 2 is 2.32 bits per heavy atom. The van der Waals surface area contributed by atoms with Gasteiger partial charge in [-0.3, -0.25) is 0 Å². The van der Waals surface area contributed by atoms with Crippen molar-refractivity contribution in [1.82, 2.24) is 4.98 Å². The van der Waals surface area contributed by atoms with Crippen LogP contribution in [0.4, 0.5) is 4.39 Å². The van der Waals surface area contributed by atoms with E-state index in [9.17, 15) is 4.39 Å². The summed E-state index contributed by atoms with van der Waals surface area (Å²) >= 11 is 0. The van der Waals surface area contributed by atoms with Gasteiger partial charge in [-0.1, -0.05) is 6.07 Å². The summed E-state index contributed by atoms with van der Waals surface area (Å²) in [6, 6.07) is 8.03. The third-order valence-electron chi connectivity index (χ3n) is 2.94. The van der Waals surface area contributed by atoms with Gasteiger partial charge in [-0.25, -0.2) is 9.37 Å². The standard InChI is InChI=1S/C14H13FN2O2/c15-10-5-9-6-11(8-16)18-14(9)12(7-10)19-13-3-1-2-4-17-13/h1-5,7,11H,6,8,16H2. The molecule has 1 aliphatic rings. The molecule has 0 amide bonds. The van der Waals surface area contributed by atoms with Crippen molar-refractivity contribution in [2.24, 2.45) is 5.73 Å². The fourth-order valence-corrected chi connectivity index (χ4v) is 2.09. The molecule has 0 spiro atoms. The molecule has 0 saturated heterocycles. The number of hydrogen-bond acceptors (Lipinski definition) is 4. The highest BCUT2D eigenvalue weighted by atomic mass is 19.1. The molecule has 1 aromatic carbocycles. The van der Waals surface area contributed by atoms with Gasteiger partial charge in [0.15, 0.2) is 11.5 Å². The van der Waals surface area contributed by atoms with Gasteiger partial charge in [0.1, 0.15) is 11.9 Å². The lowest BCUT2D eigenvalue weighted by molar-refractivity contribution is 0.233.